The van der Waals surface area contributed by atoms with Gasteiger partial charge in [0.05, 0.1) is 0 Å². The zero-order valence-corrected chi connectivity index (χ0v) is 7.71. The summed E-state index contributed by atoms with van der Waals surface area (Å²) in [5.41, 5.74) is 0.570. The molecule has 3 heteroatoms. The molecule has 0 amide bonds. The Bertz CT molecular complexity index is 210. The first-order chi connectivity index (χ1) is 5.24. The van der Waals surface area contributed by atoms with E-state index in [1.165, 1.54) is 5.37 Å². The molecule has 0 spiro atoms. The molecule has 60 valence electrons. The molecule has 0 bridgehead atoms. The molecule has 1 nitrogen and oxygen atoms in total. The third-order valence-electron chi connectivity index (χ3n) is 1.92. The van der Waals surface area contributed by atoms with Crippen LogP contribution in [0, 0.1) is 11.3 Å². The highest BCUT2D eigenvalue weighted by molar-refractivity contribution is 7.80. The molecule has 1 aliphatic rings. The van der Waals surface area contributed by atoms with Crippen LogP contribution in [-0.4, -0.2) is 11.1 Å². The molecule has 1 rings (SSSR count). The summed E-state index contributed by atoms with van der Waals surface area (Å²) in [5.74, 6) is 0.315. The minimum absolute atomic E-state index is 0.315. The van der Waals surface area contributed by atoms with Gasteiger partial charge in [-0.15, -0.1) is 0 Å². The van der Waals surface area contributed by atoms with Gasteiger partial charge in [-0.3, -0.25) is 0 Å². The Morgan fingerprint density at radius 1 is 1.82 bits per heavy atom. The van der Waals surface area contributed by atoms with Crippen molar-refractivity contribution in [2.24, 2.45) is 5.92 Å². The van der Waals surface area contributed by atoms with Crippen molar-refractivity contribution in [2.75, 3.05) is 0 Å². The van der Waals surface area contributed by atoms with Gasteiger partial charge in [-0.1, -0.05) is 29.9 Å². The minimum atomic E-state index is 0.315. The SMILES string of the molecule is N=C(C=S)C1CC=C(Cl)CC1. The molecule has 1 aliphatic carbocycles. The van der Waals surface area contributed by atoms with Crippen LogP contribution in [0.25, 0.3) is 0 Å². The molecule has 0 aromatic carbocycles. The lowest BCUT2D eigenvalue weighted by Crippen LogP contribution is -2.15. The number of thiocarbonyl (C=S) groups is 1. The summed E-state index contributed by atoms with van der Waals surface area (Å²) < 4.78 is 0. The van der Waals surface area contributed by atoms with Gasteiger partial charge < -0.3 is 5.41 Å². The van der Waals surface area contributed by atoms with Gasteiger partial charge in [-0.2, -0.15) is 0 Å². The average molecular weight is 188 g/mol. The number of rotatable bonds is 2. The molecule has 0 aromatic heterocycles. The maximum Gasteiger partial charge on any atom is 0.0455 e. The molecule has 0 heterocycles. The average Bonchev–Trinajstić information content (AvgIpc) is 2.05. The molecule has 0 aromatic rings. The van der Waals surface area contributed by atoms with E-state index in [-0.39, 0.29) is 0 Å². The van der Waals surface area contributed by atoms with Crippen LogP contribution in [0.5, 0.6) is 0 Å². The lowest BCUT2D eigenvalue weighted by molar-refractivity contribution is 0.614. The first-order valence-electron chi connectivity index (χ1n) is 3.62. The molecule has 0 aliphatic heterocycles. The Morgan fingerprint density at radius 2 is 2.55 bits per heavy atom. The Labute approximate surface area is 76.9 Å². The van der Waals surface area contributed by atoms with Gasteiger partial charge in [0.2, 0.25) is 0 Å². The van der Waals surface area contributed by atoms with Crippen LogP contribution < -0.4 is 0 Å². The normalized spacial score (nSPS) is 24.1. The van der Waals surface area contributed by atoms with Gasteiger partial charge in [-0.05, 0) is 19.3 Å². The number of hydrogen-bond donors (Lipinski definition) is 1. The van der Waals surface area contributed by atoms with Gasteiger partial charge in [0, 0.05) is 22.0 Å². The van der Waals surface area contributed by atoms with E-state index in [1.54, 1.807) is 0 Å². The molecule has 11 heavy (non-hydrogen) atoms. The standard InChI is InChI=1S/C8H10ClNS/c9-7-3-1-6(2-4-7)8(10)5-11/h3,5-6,10H,1-2,4H2. The van der Waals surface area contributed by atoms with E-state index in [4.69, 9.17) is 17.0 Å². The fourth-order valence-corrected chi connectivity index (χ4v) is 1.57. The second-order valence-corrected chi connectivity index (χ2v) is 3.42. The summed E-state index contributed by atoms with van der Waals surface area (Å²) in [5, 5.41) is 9.85. The lowest BCUT2D eigenvalue weighted by Gasteiger charge is -2.17. The fourth-order valence-electron chi connectivity index (χ4n) is 1.18. The molecule has 1 N–H and O–H groups in total. The Morgan fingerprint density at radius 3 is 3.00 bits per heavy atom. The quantitative estimate of drug-likeness (QED) is 0.522. The van der Waals surface area contributed by atoms with E-state index in [1.807, 2.05) is 6.08 Å². The van der Waals surface area contributed by atoms with Gasteiger partial charge in [-0.25, -0.2) is 0 Å². The monoisotopic (exact) mass is 187 g/mol. The first-order valence-corrected chi connectivity index (χ1v) is 4.47. The largest absolute Gasteiger partial charge is 0.304 e. The zero-order chi connectivity index (χ0) is 8.27. The minimum Gasteiger partial charge on any atom is -0.304 e. The predicted molar refractivity (Wildman–Crippen MR) is 52.7 cm³/mol. The molecule has 0 radical (unpaired) electrons. The maximum atomic E-state index is 7.47. The number of halogens is 1. The molecule has 1 unspecified atom stereocenters. The second-order valence-electron chi connectivity index (χ2n) is 2.70. The van der Waals surface area contributed by atoms with Crippen LogP contribution in [0.1, 0.15) is 19.3 Å². The lowest BCUT2D eigenvalue weighted by atomic mass is 9.91. The van der Waals surface area contributed by atoms with E-state index < -0.39 is 0 Å². The van der Waals surface area contributed by atoms with Gasteiger partial charge in [0.15, 0.2) is 0 Å². The highest BCUT2D eigenvalue weighted by atomic mass is 35.5. The van der Waals surface area contributed by atoms with Crippen molar-refractivity contribution >= 4 is 34.9 Å². The highest BCUT2D eigenvalue weighted by Gasteiger charge is 2.15. The summed E-state index contributed by atoms with van der Waals surface area (Å²) in [6.07, 6.45) is 4.74. The van der Waals surface area contributed by atoms with Crippen molar-refractivity contribution in [1.82, 2.24) is 0 Å². The maximum absolute atomic E-state index is 7.47. The third-order valence-corrected chi connectivity index (χ3v) is 2.52. The van der Waals surface area contributed by atoms with Crippen molar-refractivity contribution < 1.29 is 0 Å². The Kier molecular flexibility index (Phi) is 3.21. The number of allylic oxidation sites excluding steroid dienone is 2. The van der Waals surface area contributed by atoms with Crippen LogP contribution in [-0.2, 0) is 0 Å². The van der Waals surface area contributed by atoms with Crippen molar-refractivity contribution in [3.63, 3.8) is 0 Å². The van der Waals surface area contributed by atoms with Crippen LogP contribution >= 0.6 is 23.8 Å². The van der Waals surface area contributed by atoms with Crippen molar-refractivity contribution in [3.05, 3.63) is 11.1 Å². The van der Waals surface area contributed by atoms with Crippen LogP contribution in [0.3, 0.4) is 0 Å². The predicted octanol–water partition coefficient (Wildman–Crippen LogP) is 2.93. The number of nitrogens with one attached hydrogen (secondary N) is 1. The number of hydrogen-bond acceptors (Lipinski definition) is 2. The highest BCUT2D eigenvalue weighted by Crippen LogP contribution is 2.25. The molecule has 0 saturated heterocycles. The van der Waals surface area contributed by atoms with E-state index in [2.05, 4.69) is 12.2 Å². The van der Waals surface area contributed by atoms with E-state index >= 15 is 0 Å². The van der Waals surface area contributed by atoms with Crippen LogP contribution in [0.4, 0.5) is 0 Å². The summed E-state index contributed by atoms with van der Waals surface area (Å²) in [4.78, 5) is 0. The smallest absolute Gasteiger partial charge is 0.0455 e. The van der Waals surface area contributed by atoms with E-state index in [0.717, 1.165) is 24.3 Å². The summed E-state index contributed by atoms with van der Waals surface area (Å²) in [6, 6.07) is 0. The molecule has 0 saturated carbocycles. The summed E-state index contributed by atoms with van der Waals surface area (Å²) in [7, 11) is 0. The van der Waals surface area contributed by atoms with Gasteiger partial charge in [0.1, 0.15) is 0 Å². The molecular formula is C8H10ClNS. The van der Waals surface area contributed by atoms with Crippen LogP contribution in [0.2, 0.25) is 0 Å². The molecular weight excluding hydrogens is 178 g/mol. The fraction of sp³-hybridized carbons (Fsp3) is 0.500. The van der Waals surface area contributed by atoms with Crippen molar-refractivity contribution in [3.8, 4) is 0 Å². The van der Waals surface area contributed by atoms with Gasteiger partial charge in [0.25, 0.3) is 0 Å². The van der Waals surface area contributed by atoms with Crippen molar-refractivity contribution in [2.45, 2.75) is 19.3 Å². The molecule has 0 fully saturated rings. The van der Waals surface area contributed by atoms with Crippen molar-refractivity contribution in [1.29, 1.82) is 5.41 Å². The first kappa shape index (κ1) is 8.88. The molecule has 1 atom stereocenters. The third kappa shape index (κ3) is 2.38. The van der Waals surface area contributed by atoms with E-state index in [9.17, 15) is 0 Å². The van der Waals surface area contributed by atoms with E-state index in [0.29, 0.717) is 11.6 Å². The van der Waals surface area contributed by atoms with Crippen LogP contribution in [0.15, 0.2) is 11.1 Å². The summed E-state index contributed by atoms with van der Waals surface area (Å²) >= 11 is 10.5. The Hall–Kier alpha value is -0.210. The second kappa shape index (κ2) is 3.98. The topological polar surface area (TPSA) is 23.9 Å². The Balaban J connectivity index is 2.53. The summed E-state index contributed by atoms with van der Waals surface area (Å²) in [6.45, 7) is 0. The zero-order valence-electron chi connectivity index (χ0n) is 6.14. The van der Waals surface area contributed by atoms with Gasteiger partial charge >= 0.3 is 0 Å².